The summed E-state index contributed by atoms with van der Waals surface area (Å²) in [4.78, 5) is 0. The Bertz CT molecular complexity index is 2290. The fourth-order valence-corrected chi connectivity index (χ4v) is 8.72. The van der Waals surface area contributed by atoms with Crippen LogP contribution < -0.4 is 0 Å². The molecule has 0 spiro atoms. The monoisotopic (exact) mass is 576 g/mol. The van der Waals surface area contributed by atoms with Gasteiger partial charge >= 0.3 is 0 Å². The molecule has 1 aliphatic rings. The van der Waals surface area contributed by atoms with E-state index in [1.54, 1.807) is 0 Å². The third-order valence-electron chi connectivity index (χ3n) is 9.37. The zero-order valence-corrected chi connectivity index (χ0v) is 24.9. The molecule has 0 fully saturated rings. The summed E-state index contributed by atoms with van der Waals surface area (Å²) in [5.74, 6) is 0. The molecule has 0 aliphatic heterocycles. The minimum Gasteiger partial charge on any atom is -0.135 e. The minimum absolute atomic E-state index is 0.398. The number of hydrogen-bond acceptors (Lipinski definition) is 1. The highest BCUT2D eigenvalue weighted by atomic mass is 32.1. The molecule has 0 atom stereocenters. The molecule has 0 saturated carbocycles. The normalized spacial score (nSPS) is 13.2. The number of fused-ring (bicyclic) bond motifs is 6. The molecular weight excluding hydrogens is 549 g/mol. The Morgan fingerprint density at radius 3 is 1.70 bits per heavy atom. The van der Waals surface area contributed by atoms with Crippen LogP contribution in [-0.4, -0.2) is 0 Å². The highest BCUT2D eigenvalue weighted by Crippen LogP contribution is 2.56. The number of thiophene rings is 1. The molecule has 1 heterocycles. The fraction of sp³-hybridized carbons (Fsp3) is 0.0233. The van der Waals surface area contributed by atoms with Crippen LogP contribution in [0.2, 0.25) is 0 Å². The van der Waals surface area contributed by atoms with Crippen LogP contribution in [0.5, 0.6) is 0 Å². The first-order valence-corrected chi connectivity index (χ1v) is 16.0. The Hall–Kier alpha value is -5.24. The van der Waals surface area contributed by atoms with Crippen LogP contribution in [0.15, 0.2) is 170 Å². The SMILES string of the molecule is c1ccc(C2(c3cccc(-c4cccc(-c5cccc6c5sc5ccccc56)c4)c3)c3ccccc3-c3ccccc32)cc1. The first-order valence-electron chi connectivity index (χ1n) is 15.2. The minimum atomic E-state index is -0.398. The third kappa shape index (κ3) is 3.63. The van der Waals surface area contributed by atoms with Crippen LogP contribution in [0.4, 0.5) is 0 Å². The molecule has 0 saturated heterocycles. The molecule has 7 aromatic carbocycles. The zero-order chi connectivity index (χ0) is 29.1. The maximum atomic E-state index is 2.42. The molecule has 0 N–H and O–H groups in total. The molecule has 44 heavy (non-hydrogen) atoms. The quantitative estimate of drug-likeness (QED) is 0.195. The molecule has 1 aromatic heterocycles. The maximum absolute atomic E-state index is 2.42. The average Bonchev–Trinajstić information content (AvgIpc) is 3.63. The summed E-state index contributed by atoms with van der Waals surface area (Å²) >= 11 is 1.89. The van der Waals surface area contributed by atoms with E-state index in [0.717, 1.165) is 0 Å². The summed E-state index contributed by atoms with van der Waals surface area (Å²) in [6.07, 6.45) is 0. The number of benzene rings is 7. The van der Waals surface area contributed by atoms with E-state index in [1.165, 1.54) is 75.8 Å². The molecule has 1 aliphatic carbocycles. The van der Waals surface area contributed by atoms with Gasteiger partial charge < -0.3 is 0 Å². The Labute approximate surface area is 261 Å². The van der Waals surface area contributed by atoms with E-state index >= 15 is 0 Å². The third-order valence-corrected chi connectivity index (χ3v) is 10.6. The van der Waals surface area contributed by atoms with E-state index in [0.29, 0.717) is 0 Å². The second kappa shape index (κ2) is 9.91. The van der Waals surface area contributed by atoms with Gasteiger partial charge in [-0.15, -0.1) is 11.3 Å². The number of hydrogen-bond donors (Lipinski definition) is 0. The van der Waals surface area contributed by atoms with Gasteiger partial charge in [-0.25, -0.2) is 0 Å². The molecule has 0 nitrogen and oxygen atoms in total. The van der Waals surface area contributed by atoms with E-state index in [1.807, 2.05) is 11.3 Å². The second-order valence-corrected chi connectivity index (χ2v) is 12.7. The van der Waals surface area contributed by atoms with Crippen molar-refractivity contribution in [2.75, 3.05) is 0 Å². The Morgan fingerprint density at radius 1 is 0.364 bits per heavy atom. The summed E-state index contributed by atoms with van der Waals surface area (Å²) < 4.78 is 2.68. The molecule has 206 valence electrons. The Morgan fingerprint density at radius 2 is 0.909 bits per heavy atom. The first-order chi connectivity index (χ1) is 21.8. The molecule has 9 rings (SSSR count). The maximum Gasteiger partial charge on any atom is 0.0713 e. The zero-order valence-electron chi connectivity index (χ0n) is 24.1. The van der Waals surface area contributed by atoms with Crippen molar-refractivity contribution in [3.63, 3.8) is 0 Å². The largest absolute Gasteiger partial charge is 0.135 e. The average molecular weight is 577 g/mol. The van der Waals surface area contributed by atoms with Gasteiger partial charge in [0, 0.05) is 20.2 Å². The van der Waals surface area contributed by atoms with Crippen LogP contribution >= 0.6 is 11.3 Å². The first kappa shape index (κ1) is 25.3. The van der Waals surface area contributed by atoms with Gasteiger partial charge in [-0.1, -0.05) is 152 Å². The lowest BCUT2D eigenvalue weighted by Crippen LogP contribution is -2.28. The van der Waals surface area contributed by atoms with E-state index in [4.69, 9.17) is 0 Å². The van der Waals surface area contributed by atoms with E-state index in [9.17, 15) is 0 Å². The van der Waals surface area contributed by atoms with Crippen molar-refractivity contribution >= 4 is 31.5 Å². The standard InChI is InChI=1S/C43H28S/c1-2-16-32(17-3-1)43(39-24-7-4-19-35(39)36-20-5-8-25-40(36)43)33-18-11-14-30(28-33)29-13-10-15-31(27-29)34-22-12-23-38-37-21-6-9-26-41(37)44-42(34)38/h1-28H. The summed E-state index contributed by atoms with van der Waals surface area (Å²) in [5, 5.41) is 2.67. The molecule has 0 unspecified atom stereocenters. The van der Waals surface area contributed by atoms with Gasteiger partial charge in [0.1, 0.15) is 0 Å². The molecular formula is C43H28S. The topological polar surface area (TPSA) is 0 Å². The van der Waals surface area contributed by atoms with Gasteiger partial charge in [-0.3, -0.25) is 0 Å². The number of rotatable bonds is 4. The van der Waals surface area contributed by atoms with Crippen molar-refractivity contribution in [2.24, 2.45) is 0 Å². The molecule has 0 amide bonds. The van der Waals surface area contributed by atoms with Crippen molar-refractivity contribution < 1.29 is 0 Å². The molecule has 8 aromatic rings. The van der Waals surface area contributed by atoms with E-state index in [2.05, 4.69) is 170 Å². The second-order valence-electron chi connectivity index (χ2n) is 11.6. The summed E-state index contributed by atoms with van der Waals surface area (Å²) in [6.45, 7) is 0. The molecule has 1 heteroatoms. The predicted molar refractivity (Wildman–Crippen MR) is 188 cm³/mol. The highest BCUT2D eigenvalue weighted by molar-refractivity contribution is 7.26. The van der Waals surface area contributed by atoms with Gasteiger partial charge in [0.2, 0.25) is 0 Å². The van der Waals surface area contributed by atoms with Crippen molar-refractivity contribution in [3.8, 4) is 33.4 Å². The Kier molecular flexibility index (Phi) is 5.69. The molecule has 0 bridgehead atoms. The van der Waals surface area contributed by atoms with Gasteiger partial charge in [0.05, 0.1) is 5.41 Å². The van der Waals surface area contributed by atoms with Gasteiger partial charge in [-0.2, -0.15) is 0 Å². The van der Waals surface area contributed by atoms with E-state index in [-0.39, 0.29) is 0 Å². The van der Waals surface area contributed by atoms with E-state index < -0.39 is 5.41 Å². The van der Waals surface area contributed by atoms with Crippen molar-refractivity contribution in [2.45, 2.75) is 5.41 Å². The summed E-state index contributed by atoms with van der Waals surface area (Å²) in [5.41, 5.74) is 12.5. The van der Waals surface area contributed by atoms with Gasteiger partial charge in [-0.05, 0) is 73.8 Å². The Balaban J connectivity index is 1.24. The summed E-state index contributed by atoms with van der Waals surface area (Å²) in [7, 11) is 0. The van der Waals surface area contributed by atoms with Crippen molar-refractivity contribution in [1.82, 2.24) is 0 Å². The molecule has 0 radical (unpaired) electrons. The summed E-state index contributed by atoms with van der Waals surface area (Å²) in [6, 6.07) is 62.7. The van der Waals surface area contributed by atoms with Crippen LogP contribution in [0.1, 0.15) is 22.3 Å². The lowest BCUT2D eigenvalue weighted by molar-refractivity contribution is 0.769. The fourth-order valence-electron chi connectivity index (χ4n) is 7.48. The van der Waals surface area contributed by atoms with Gasteiger partial charge in [0.25, 0.3) is 0 Å². The predicted octanol–water partition coefficient (Wildman–Crippen LogP) is 11.8. The van der Waals surface area contributed by atoms with Crippen molar-refractivity contribution in [1.29, 1.82) is 0 Å². The van der Waals surface area contributed by atoms with Gasteiger partial charge in [0.15, 0.2) is 0 Å². The lowest BCUT2D eigenvalue weighted by Gasteiger charge is -2.34. The smallest absolute Gasteiger partial charge is 0.0713 e. The van der Waals surface area contributed by atoms with Crippen LogP contribution in [0, 0.1) is 0 Å². The highest BCUT2D eigenvalue weighted by Gasteiger charge is 2.45. The van der Waals surface area contributed by atoms with Crippen LogP contribution in [0.3, 0.4) is 0 Å². The van der Waals surface area contributed by atoms with Crippen LogP contribution in [0.25, 0.3) is 53.6 Å². The van der Waals surface area contributed by atoms with Crippen molar-refractivity contribution in [3.05, 3.63) is 192 Å². The van der Waals surface area contributed by atoms with Crippen LogP contribution in [-0.2, 0) is 5.41 Å². The lowest BCUT2D eigenvalue weighted by atomic mass is 9.67.